The summed E-state index contributed by atoms with van der Waals surface area (Å²) in [4.78, 5) is 11.2. The molecule has 4 atom stereocenters. The molecular formula is C23H42O6. The number of unbranched alkanes of at least 4 members (excludes halogenated alkanes) is 6. The van der Waals surface area contributed by atoms with E-state index in [-0.39, 0.29) is 26.1 Å². The van der Waals surface area contributed by atoms with E-state index in [1.165, 1.54) is 25.7 Å². The first-order valence-corrected chi connectivity index (χ1v) is 11.5. The number of ether oxygens (including phenoxy) is 2. The van der Waals surface area contributed by atoms with Crippen LogP contribution in [0.25, 0.3) is 0 Å². The highest BCUT2D eigenvalue weighted by Gasteiger charge is 2.32. The van der Waals surface area contributed by atoms with Crippen molar-refractivity contribution in [3.63, 3.8) is 0 Å². The van der Waals surface area contributed by atoms with Gasteiger partial charge < -0.3 is 24.8 Å². The zero-order valence-electron chi connectivity index (χ0n) is 18.1. The van der Waals surface area contributed by atoms with Crippen molar-refractivity contribution < 1.29 is 29.6 Å². The van der Waals surface area contributed by atoms with Gasteiger partial charge in [-0.3, -0.25) is 0 Å². The number of hydrogen-bond acceptors (Lipinski definition) is 5. The van der Waals surface area contributed by atoms with Gasteiger partial charge in [-0.25, -0.2) is 4.79 Å². The summed E-state index contributed by atoms with van der Waals surface area (Å²) >= 11 is 0. The third kappa shape index (κ3) is 11.7. The average Bonchev–Trinajstić information content (AvgIpc) is 3.05. The van der Waals surface area contributed by atoms with Gasteiger partial charge >= 0.3 is 5.97 Å². The Balaban J connectivity index is 2.22. The molecule has 1 rings (SSSR count). The second kappa shape index (κ2) is 16.8. The first-order valence-electron chi connectivity index (χ1n) is 11.5. The van der Waals surface area contributed by atoms with Crippen molar-refractivity contribution >= 4 is 5.97 Å². The summed E-state index contributed by atoms with van der Waals surface area (Å²) in [5, 5.41) is 28.2. The van der Waals surface area contributed by atoms with Gasteiger partial charge in [-0.05, 0) is 50.4 Å². The van der Waals surface area contributed by atoms with E-state index in [1.807, 2.05) is 0 Å². The summed E-state index contributed by atoms with van der Waals surface area (Å²) in [6, 6.07) is 0. The summed E-state index contributed by atoms with van der Waals surface area (Å²) < 4.78 is 10.2. The summed E-state index contributed by atoms with van der Waals surface area (Å²) in [6.07, 6.45) is 15.9. The highest BCUT2D eigenvalue weighted by atomic mass is 16.7. The number of allylic oxidation sites excluding steroid dienone is 2. The fourth-order valence-electron chi connectivity index (χ4n) is 4.10. The molecule has 0 aromatic heterocycles. The summed E-state index contributed by atoms with van der Waals surface area (Å²) in [5.74, 6) is -0.164. The van der Waals surface area contributed by atoms with Crippen LogP contribution in [-0.4, -0.2) is 53.5 Å². The monoisotopic (exact) mass is 414 g/mol. The fraction of sp³-hybridized carbons (Fsp3) is 0.870. The lowest BCUT2D eigenvalue weighted by molar-refractivity contribution is -0.162. The van der Waals surface area contributed by atoms with Crippen LogP contribution in [0.4, 0.5) is 0 Å². The van der Waals surface area contributed by atoms with E-state index in [2.05, 4.69) is 19.1 Å². The molecule has 0 aliphatic heterocycles. The number of hydrogen-bond donors (Lipinski definition) is 3. The SMILES string of the molecule is CCCCCCC=C[C@H]1CC[C@H](O)[C@@H]1CCCCCC(OCOCCO)C(=O)O. The Labute approximate surface area is 176 Å². The fourth-order valence-corrected chi connectivity index (χ4v) is 4.10. The predicted octanol–water partition coefficient (Wildman–Crippen LogP) is 4.29. The van der Waals surface area contributed by atoms with Crippen LogP contribution in [0, 0.1) is 11.8 Å². The number of carboxylic acid groups (broad SMARTS) is 1. The van der Waals surface area contributed by atoms with Gasteiger partial charge in [-0.2, -0.15) is 0 Å². The van der Waals surface area contributed by atoms with Crippen LogP contribution in [0.3, 0.4) is 0 Å². The number of carbonyl (C=O) groups is 1. The van der Waals surface area contributed by atoms with Crippen LogP contribution in [0.1, 0.15) is 84.0 Å². The second-order valence-corrected chi connectivity index (χ2v) is 8.13. The second-order valence-electron chi connectivity index (χ2n) is 8.13. The van der Waals surface area contributed by atoms with Crippen molar-refractivity contribution in [1.29, 1.82) is 0 Å². The van der Waals surface area contributed by atoms with Gasteiger partial charge in [0.1, 0.15) is 6.79 Å². The van der Waals surface area contributed by atoms with Crippen LogP contribution in [-0.2, 0) is 14.3 Å². The first-order chi connectivity index (χ1) is 14.1. The van der Waals surface area contributed by atoms with Gasteiger partial charge in [-0.15, -0.1) is 0 Å². The van der Waals surface area contributed by atoms with E-state index in [0.717, 1.165) is 44.9 Å². The maximum Gasteiger partial charge on any atom is 0.332 e. The molecule has 1 fully saturated rings. The highest BCUT2D eigenvalue weighted by Crippen LogP contribution is 2.37. The topological polar surface area (TPSA) is 96.2 Å². The standard InChI is InChI=1S/C23H42O6/c1-2-3-4-5-6-8-11-19-14-15-21(25)20(19)12-9-7-10-13-22(23(26)27)29-18-28-17-16-24/h8,11,19-22,24-25H,2-7,9-10,12-18H2,1H3,(H,26,27)/t19-,20+,21-,22?/m0/s1. The van der Waals surface area contributed by atoms with Crippen molar-refractivity contribution in [1.82, 2.24) is 0 Å². The van der Waals surface area contributed by atoms with Crippen molar-refractivity contribution in [2.45, 2.75) is 96.2 Å². The van der Waals surface area contributed by atoms with E-state index < -0.39 is 12.1 Å². The minimum Gasteiger partial charge on any atom is -0.479 e. The Kier molecular flexibility index (Phi) is 15.1. The molecule has 6 heteroatoms. The number of aliphatic hydroxyl groups is 2. The largest absolute Gasteiger partial charge is 0.479 e. The Morgan fingerprint density at radius 1 is 1.14 bits per heavy atom. The molecule has 170 valence electrons. The maximum absolute atomic E-state index is 11.2. The molecule has 0 saturated heterocycles. The van der Waals surface area contributed by atoms with Crippen LogP contribution in [0.5, 0.6) is 0 Å². The average molecular weight is 415 g/mol. The van der Waals surface area contributed by atoms with Crippen molar-refractivity contribution in [3.05, 3.63) is 12.2 Å². The molecule has 0 aromatic rings. The lowest BCUT2D eigenvalue weighted by Crippen LogP contribution is -2.25. The van der Waals surface area contributed by atoms with Gasteiger partial charge in [0.2, 0.25) is 0 Å². The quantitative estimate of drug-likeness (QED) is 0.176. The normalized spacial score (nSPS) is 23.1. The maximum atomic E-state index is 11.2. The van der Waals surface area contributed by atoms with Gasteiger partial charge in [-0.1, -0.05) is 57.6 Å². The Morgan fingerprint density at radius 2 is 1.93 bits per heavy atom. The number of aliphatic hydroxyl groups excluding tert-OH is 2. The molecule has 1 aliphatic rings. The van der Waals surface area contributed by atoms with Crippen LogP contribution in [0.15, 0.2) is 12.2 Å². The number of aliphatic carboxylic acids is 1. The molecule has 29 heavy (non-hydrogen) atoms. The van der Waals surface area contributed by atoms with Crippen LogP contribution in [0.2, 0.25) is 0 Å². The van der Waals surface area contributed by atoms with Gasteiger partial charge in [0.25, 0.3) is 0 Å². The Morgan fingerprint density at radius 3 is 2.66 bits per heavy atom. The van der Waals surface area contributed by atoms with E-state index in [1.54, 1.807) is 0 Å². The Hall–Kier alpha value is -0.950. The minimum atomic E-state index is -0.979. The van der Waals surface area contributed by atoms with Gasteiger partial charge in [0.05, 0.1) is 19.3 Å². The molecule has 0 radical (unpaired) electrons. The first kappa shape index (κ1) is 26.1. The third-order valence-electron chi connectivity index (χ3n) is 5.81. The molecule has 1 saturated carbocycles. The van der Waals surface area contributed by atoms with E-state index in [4.69, 9.17) is 14.6 Å². The molecule has 6 nitrogen and oxygen atoms in total. The van der Waals surface area contributed by atoms with Gasteiger partial charge in [0, 0.05) is 0 Å². The smallest absolute Gasteiger partial charge is 0.332 e. The molecule has 0 spiro atoms. The molecule has 0 amide bonds. The lowest BCUT2D eigenvalue weighted by atomic mass is 9.88. The molecule has 1 unspecified atom stereocenters. The molecule has 0 bridgehead atoms. The highest BCUT2D eigenvalue weighted by molar-refractivity contribution is 5.72. The zero-order chi connectivity index (χ0) is 21.3. The van der Waals surface area contributed by atoms with Crippen LogP contribution >= 0.6 is 0 Å². The number of carboxylic acids is 1. The number of rotatable bonds is 18. The predicted molar refractivity (Wildman–Crippen MR) is 114 cm³/mol. The summed E-state index contributed by atoms with van der Waals surface area (Å²) in [5.41, 5.74) is 0. The lowest BCUT2D eigenvalue weighted by Gasteiger charge is -2.20. The Bertz CT molecular complexity index is 439. The summed E-state index contributed by atoms with van der Waals surface area (Å²) in [7, 11) is 0. The zero-order valence-corrected chi connectivity index (χ0v) is 18.1. The minimum absolute atomic E-state index is 0.108. The summed E-state index contributed by atoms with van der Waals surface area (Å²) in [6.45, 7) is 2.15. The molecule has 1 aliphatic carbocycles. The van der Waals surface area contributed by atoms with E-state index in [9.17, 15) is 15.0 Å². The van der Waals surface area contributed by atoms with Crippen molar-refractivity contribution in [2.75, 3.05) is 20.0 Å². The third-order valence-corrected chi connectivity index (χ3v) is 5.81. The van der Waals surface area contributed by atoms with Gasteiger partial charge in [0.15, 0.2) is 6.10 Å². The van der Waals surface area contributed by atoms with Crippen LogP contribution < -0.4 is 0 Å². The van der Waals surface area contributed by atoms with E-state index in [0.29, 0.717) is 18.3 Å². The van der Waals surface area contributed by atoms with Crippen molar-refractivity contribution in [3.8, 4) is 0 Å². The molecule has 3 N–H and O–H groups in total. The van der Waals surface area contributed by atoms with Crippen molar-refractivity contribution in [2.24, 2.45) is 11.8 Å². The molecule has 0 aromatic carbocycles. The van der Waals surface area contributed by atoms with E-state index >= 15 is 0 Å². The molecule has 0 heterocycles. The molecular weight excluding hydrogens is 372 g/mol.